The Hall–Kier alpha value is -0.640. The van der Waals surface area contributed by atoms with Crippen LogP contribution in [-0.2, 0) is 0 Å². The molecule has 0 fully saturated rings. The predicted octanol–water partition coefficient (Wildman–Crippen LogP) is 6.79. The molecule has 2 aromatic carbocycles. The molecule has 0 atom stereocenters. The summed E-state index contributed by atoms with van der Waals surface area (Å²) in [5, 5.41) is 6.53. The fraction of sp³-hybridized carbons (Fsp3) is 0.0714. The third-order valence-corrected chi connectivity index (χ3v) is 4.03. The molecule has 0 spiro atoms. The molecule has 2 rings (SSSR count). The molecule has 0 heterocycles. The fourth-order valence-electron chi connectivity index (χ4n) is 1.63. The lowest BCUT2D eigenvalue weighted by Crippen LogP contribution is -2.01. The monoisotopic (exact) mass is 380 g/mol. The molecule has 0 aliphatic rings. The van der Waals surface area contributed by atoms with E-state index in [1.807, 2.05) is 0 Å². The minimum absolute atomic E-state index is 0.381. The Morgan fingerprint density at radius 2 is 1.43 bits per heavy atom. The van der Waals surface area contributed by atoms with E-state index in [0.29, 0.717) is 36.5 Å². The smallest absolute Gasteiger partial charge is 0.0935 e. The Bertz CT molecular complexity index is 690. The second-order valence-corrected chi connectivity index (χ2v) is 6.27. The molecule has 0 radical (unpaired) electrons. The Morgan fingerprint density at radius 3 is 2.00 bits per heavy atom. The Balaban J connectivity index is 2.29. The van der Waals surface area contributed by atoms with E-state index in [2.05, 4.69) is 10.5 Å². The fourth-order valence-corrected chi connectivity index (χ4v) is 3.08. The van der Waals surface area contributed by atoms with Gasteiger partial charge in [-0.15, -0.1) is 0 Å². The summed E-state index contributed by atoms with van der Waals surface area (Å²) >= 11 is 30.0. The highest BCUT2D eigenvalue weighted by Crippen LogP contribution is 2.33. The molecule has 0 saturated heterocycles. The van der Waals surface area contributed by atoms with Crippen LogP contribution in [0.3, 0.4) is 0 Å². The first-order valence-electron chi connectivity index (χ1n) is 5.78. The van der Waals surface area contributed by atoms with E-state index in [9.17, 15) is 0 Å². The van der Waals surface area contributed by atoms with Crippen LogP contribution < -0.4 is 5.43 Å². The summed E-state index contributed by atoms with van der Waals surface area (Å²) in [6, 6.07) is 8.34. The van der Waals surface area contributed by atoms with Gasteiger partial charge in [0.15, 0.2) is 0 Å². The maximum absolute atomic E-state index is 6.13. The number of hydrogen-bond donors (Lipinski definition) is 1. The Morgan fingerprint density at radius 1 is 0.857 bits per heavy atom. The molecule has 7 heteroatoms. The molecule has 21 heavy (non-hydrogen) atoms. The highest BCUT2D eigenvalue weighted by atomic mass is 35.5. The van der Waals surface area contributed by atoms with E-state index in [0.717, 1.165) is 5.56 Å². The Kier molecular flexibility index (Phi) is 5.64. The quantitative estimate of drug-likeness (QED) is 0.459. The zero-order chi connectivity index (χ0) is 15.6. The normalized spacial score (nSPS) is 11.6. The first kappa shape index (κ1) is 16.7. The summed E-state index contributed by atoms with van der Waals surface area (Å²) in [7, 11) is 0. The molecule has 110 valence electrons. The summed E-state index contributed by atoms with van der Waals surface area (Å²) in [5.41, 5.74) is 4.73. The maximum Gasteiger partial charge on any atom is 0.0935 e. The van der Waals surface area contributed by atoms with Crippen LogP contribution in [0.1, 0.15) is 12.5 Å². The molecular formula is C14H9Cl5N2. The lowest BCUT2D eigenvalue weighted by Gasteiger charge is -2.09. The van der Waals surface area contributed by atoms with Gasteiger partial charge in [-0.25, -0.2) is 0 Å². The van der Waals surface area contributed by atoms with E-state index in [1.54, 1.807) is 37.3 Å². The first-order valence-corrected chi connectivity index (χ1v) is 7.67. The van der Waals surface area contributed by atoms with Gasteiger partial charge in [-0.2, -0.15) is 5.10 Å². The van der Waals surface area contributed by atoms with Crippen LogP contribution in [0, 0.1) is 0 Å². The number of hydrazone groups is 1. The van der Waals surface area contributed by atoms with Crippen LogP contribution in [0.15, 0.2) is 35.4 Å². The molecule has 2 aromatic rings. The standard InChI is InChI=1S/C14H9Cl5N2/c1-7(10-3-2-8(15)4-11(10)17)20-21-14-12(18)5-9(16)6-13(14)19/h2-6,21H,1H3. The van der Waals surface area contributed by atoms with Crippen molar-refractivity contribution in [2.75, 3.05) is 5.43 Å². The van der Waals surface area contributed by atoms with Crippen LogP contribution in [0.25, 0.3) is 0 Å². The highest BCUT2D eigenvalue weighted by Gasteiger charge is 2.08. The van der Waals surface area contributed by atoms with E-state index in [4.69, 9.17) is 58.0 Å². The van der Waals surface area contributed by atoms with Crippen molar-refractivity contribution in [3.8, 4) is 0 Å². The molecular weight excluding hydrogens is 373 g/mol. The molecule has 0 aliphatic heterocycles. The van der Waals surface area contributed by atoms with Gasteiger partial charge in [0.05, 0.1) is 26.5 Å². The zero-order valence-electron chi connectivity index (χ0n) is 10.7. The van der Waals surface area contributed by atoms with Crippen molar-refractivity contribution in [1.82, 2.24) is 0 Å². The Labute approximate surface area is 147 Å². The summed E-state index contributed by atoms with van der Waals surface area (Å²) in [6.45, 7) is 1.81. The minimum atomic E-state index is 0.381. The SMILES string of the molecule is CC(=NNc1c(Cl)cc(Cl)cc1Cl)c1ccc(Cl)cc1Cl. The van der Waals surface area contributed by atoms with Gasteiger partial charge in [-0.3, -0.25) is 5.43 Å². The maximum atomic E-state index is 6.13. The molecule has 1 N–H and O–H groups in total. The lowest BCUT2D eigenvalue weighted by molar-refractivity contribution is 1.32. The van der Waals surface area contributed by atoms with Crippen molar-refractivity contribution >= 4 is 69.4 Å². The first-order chi connectivity index (χ1) is 9.88. The van der Waals surface area contributed by atoms with Gasteiger partial charge in [0, 0.05) is 15.6 Å². The number of benzene rings is 2. The van der Waals surface area contributed by atoms with Gasteiger partial charge in [0.1, 0.15) is 0 Å². The van der Waals surface area contributed by atoms with Crippen molar-refractivity contribution in [2.45, 2.75) is 6.92 Å². The third-order valence-electron chi connectivity index (χ3n) is 2.66. The van der Waals surface area contributed by atoms with Crippen molar-refractivity contribution in [2.24, 2.45) is 5.10 Å². The van der Waals surface area contributed by atoms with E-state index in [1.165, 1.54) is 0 Å². The lowest BCUT2D eigenvalue weighted by atomic mass is 10.1. The number of halogens is 5. The molecule has 0 aliphatic carbocycles. The summed E-state index contributed by atoms with van der Waals surface area (Å²) in [6.07, 6.45) is 0. The van der Waals surface area contributed by atoms with Gasteiger partial charge < -0.3 is 0 Å². The van der Waals surface area contributed by atoms with E-state index < -0.39 is 0 Å². The van der Waals surface area contributed by atoms with Gasteiger partial charge in [-0.1, -0.05) is 64.1 Å². The second-order valence-electron chi connectivity index (χ2n) is 4.18. The molecule has 0 bridgehead atoms. The van der Waals surface area contributed by atoms with Crippen molar-refractivity contribution < 1.29 is 0 Å². The van der Waals surface area contributed by atoms with Crippen LogP contribution >= 0.6 is 58.0 Å². The summed E-state index contributed by atoms with van der Waals surface area (Å²) in [4.78, 5) is 0. The minimum Gasteiger partial charge on any atom is -0.275 e. The van der Waals surface area contributed by atoms with Gasteiger partial charge in [-0.05, 0) is 31.2 Å². The molecule has 0 aromatic heterocycles. The third kappa shape index (κ3) is 4.18. The van der Waals surface area contributed by atoms with Gasteiger partial charge >= 0.3 is 0 Å². The molecule has 2 nitrogen and oxygen atoms in total. The van der Waals surface area contributed by atoms with Crippen LogP contribution in [0.5, 0.6) is 0 Å². The number of anilines is 1. The highest BCUT2D eigenvalue weighted by molar-refractivity contribution is 6.41. The number of nitrogens with zero attached hydrogens (tertiary/aromatic N) is 1. The van der Waals surface area contributed by atoms with Crippen LogP contribution in [0.4, 0.5) is 5.69 Å². The number of hydrogen-bond acceptors (Lipinski definition) is 2. The van der Waals surface area contributed by atoms with Gasteiger partial charge in [0.2, 0.25) is 0 Å². The average Bonchev–Trinajstić information content (AvgIpc) is 2.36. The summed E-state index contributed by atoms with van der Waals surface area (Å²) < 4.78 is 0. The molecule has 0 unspecified atom stereocenters. The predicted molar refractivity (Wildman–Crippen MR) is 93.8 cm³/mol. The van der Waals surface area contributed by atoms with Crippen molar-refractivity contribution in [1.29, 1.82) is 0 Å². The second kappa shape index (κ2) is 7.08. The summed E-state index contributed by atoms with van der Waals surface area (Å²) in [5.74, 6) is 0. The van der Waals surface area contributed by atoms with Crippen LogP contribution in [0.2, 0.25) is 25.1 Å². The number of nitrogens with one attached hydrogen (secondary N) is 1. The van der Waals surface area contributed by atoms with E-state index in [-0.39, 0.29) is 0 Å². The number of rotatable bonds is 3. The van der Waals surface area contributed by atoms with Gasteiger partial charge in [0.25, 0.3) is 0 Å². The van der Waals surface area contributed by atoms with E-state index >= 15 is 0 Å². The molecule has 0 amide bonds. The topological polar surface area (TPSA) is 24.4 Å². The largest absolute Gasteiger partial charge is 0.275 e. The van der Waals surface area contributed by atoms with Crippen molar-refractivity contribution in [3.63, 3.8) is 0 Å². The molecule has 0 saturated carbocycles. The zero-order valence-corrected chi connectivity index (χ0v) is 14.5. The average molecular weight is 383 g/mol. The van der Waals surface area contributed by atoms with Crippen molar-refractivity contribution in [3.05, 3.63) is 61.0 Å². The van der Waals surface area contributed by atoms with Crippen LogP contribution in [-0.4, -0.2) is 5.71 Å².